The molecule has 4 N–H and O–H groups in total. The van der Waals surface area contributed by atoms with Gasteiger partial charge in [0.2, 0.25) is 5.91 Å². The highest BCUT2D eigenvalue weighted by Crippen LogP contribution is 2.24. The van der Waals surface area contributed by atoms with E-state index >= 15 is 0 Å². The molecule has 0 spiro atoms. The van der Waals surface area contributed by atoms with E-state index in [0.717, 1.165) is 5.56 Å². The maximum absolute atomic E-state index is 14.4. The van der Waals surface area contributed by atoms with Gasteiger partial charge in [-0.15, -0.1) is 0 Å². The maximum Gasteiger partial charge on any atom is 0.241 e. The van der Waals surface area contributed by atoms with E-state index in [9.17, 15) is 14.3 Å². The molecule has 0 bridgehead atoms. The molecule has 3 rings (SSSR count). The number of nitrogens with one attached hydrogen (secondary N) is 1. The molecule has 1 aliphatic heterocycles. The zero-order valence-corrected chi connectivity index (χ0v) is 14.6. The van der Waals surface area contributed by atoms with Crippen LogP contribution in [0.25, 0.3) is 0 Å². The van der Waals surface area contributed by atoms with Crippen molar-refractivity contribution >= 4 is 11.6 Å². The molecule has 1 aliphatic rings. The van der Waals surface area contributed by atoms with E-state index in [4.69, 9.17) is 5.73 Å². The van der Waals surface area contributed by atoms with Crippen LogP contribution in [0, 0.1) is 5.82 Å². The Hall–Kier alpha value is -2.44. The molecule has 2 aromatic carbocycles. The third-order valence-corrected chi connectivity index (χ3v) is 4.73. The van der Waals surface area contributed by atoms with Gasteiger partial charge in [-0.25, -0.2) is 4.39 Å². The van der Waals surface area contributed by atoms with Gasteiger partial charge in [0.05, 0.1) is 11.8 Å². The van der Waals surface area contributed by atoms with Crippen molar-refractivity contribution in [2.45, 2.75) is 31.5 Å². The van der Waals surface area contributed by atoms with Gasteiger partial charge in [-0.2, -0.15) is 0 Å². The average Bonchev–Trinajstić information content (AvgIpc) is 2.67. The predicted molar refractivity (Wildman–Crippen MR) is 99.1 cm³/mol. The molecule has 1 heterocycles. The number of piperidine rings is 1. The minimum Gasteiger partial charge on any atom is -0.393 e. The van der Waals surface area contributed by atoms with Gasteiger partial charge in [0.15, 0.2) is 0 Å². The van der Waals surface area contributed by atoms with E-state index < -0.39 is 6.04 Å². The summed E-state index contributed by atoms with van der Waals surface area (Å²) in [5, 5.41) is 12.3. The van der Waals surface area contributed by atoms with E-state index in [2.05, 4.69) is 5.32 Å². The maximum atomic E-state index is 14.4. The molecule has 0 aromatic heterocycles. The van der Waals surface area contributed by atoms with Crippen LogP contribution in [0.4, 0.5) is 10.1 Å². The van der Waals surface area contributed by atoms with Crippen LogP contribution in [0.5, 0.6) is 0 Å². The van der Waals surface area contributed by atoms with E-state index in [1.165, 1.54) is 6.07 Å². The number of nitrogens with zero attached hydrogens (tertiary/aromatic N) is 1. The van der Waals surface area contributed by atoms with Gasteiger partial charge >= 0.3 is 0 Å². The van der Waals surface area contributed by atoms with Crippen LogP contribution in [0.2, 0.25) is 0 Å². The lowest BCUT2D eigenvalue weighted by Gasteiger charge is -2.31. The molecular weight excluding hydrogens is 333 g/mol. The smallest absolute Gasteiger partial charge is 0.241 e. The number of nitrogens with two attached hydrogens (primary N) is 1. The Morgan fingerprint density at radius 1 is 1.23 bits per heavy atom. The molecule has 1 saturated heterocycles. The molecule has 5 nitrogen and oxygen atoms in total. The molecular formula is C20H24FN3O2. The fourth-order valence-electron chi connectivity index (χ4n) is 3.13. The Labute approximate surface area is 152 Å². The number of carbonyl (C=O) groups excluding carboxylic acids is 1. The number of aliphatic hydroxyl groups excluding tert-OH is 1. The van der Waals surface area contributed by atoms with Crippen LogP contribution in [-0.4, -0.2) is 30.2 Å². The van der Waals surface area contributed by atoms with Gasteiger partial charge in [0.1, 0.15) is 11.9 Å². The fraction of sp³-hybridized carbons (Fsp3) is 0.350. The molecule has 1 amide bonds. The third-order valence-electron chi connectivity index (χ3n) is 4.73. The van der Waals surface area contributed by atoms with Gasteiger partial charge in [-0.1, -0.05) is 36.4 Å². The number of aliphatic hydroxyl groups is 1. The number of benzene rings is 2. The number of anilines is 1. The molecule has 138 valence electrons. The topological polar surface area (TPSA) is 78.6 Å². The van der Waals surface area contributed by atoms with Crippen molar-refractivity contribution in [3.8, 4) is 0 Å². The van der Waals surface area contributed by atoms with Crippen molar-refractivity contribution in [3.63, 3.8) is 0 Å². The first kappa shape index (κ1) is 18.4. The summed E-state index contributed by atoms with van der Waals surface area (Å²) in [4.78, 5) is 14.1. The van der Waals surface area contributed by atoms with Gasteiger partial charge in [-0.05, 0) is 36.1 Å². The summed E-state index contributed by atoms with van der Waals surface area (Å²) in [6.45, 7) is 1.50. The van der Waals surface area contributed by atoms with Gasteiger partial charge in [0.25, 0.3) is 0 Å². The van der Waals surface area contributed by atoms with Crippen LogP contribution < -0.4 is 16.0 Å². The summed E-state index contributed by atoms with van der Waals surface area (Å²) in [6.07, 6.45) is 1.00. The Balaban J connectivity index is 1.58. The summed E-state index contributed by atoms with van der Waals surface area (Å²) in [7, 11) is 0. The highest BCUT2D eigenvalue weighted by molar-refractivity contribution is 5.82. The second kappa shape index (κ2) is 8.29. The first-order valence-electron chi connectivity index (χ1n) is 8.84. The van der Waals surface area contributed by atoms with Crippen molar-refractivity contribution < 1.29 is 14.3 Å². The summed E-state index contributed by atoms with van der Waals surface area (Å²) in [5.74, 6) is -0.619. The zero-order valence-electron chi connectivity index (χ0n) is 14.6. The van der Waals surface area contributed by atoms with Crippen molar-refractivity contribution in [2.24, 2.45) is 5.73 Å². The van der Waals surface area contributed by atoms with Crippen molar-refractivity contribution in [1.82, 2.24) is 5.32 Å². The van der Waals surface area contributed by atoms with Crippen molar-refractivity contribution in [1.29, 1.82) is 0 Å². The number of amides is 1. The Bertz CT molecular complexity index is 746. The molecule has 1 fully saturated rings. The molecule has 0 aliphatic carbocycles. The van der Waals surface area contributed by atoms with Crippen LogP contribution in [0.3, 0.4) is 0 Å². The third kappa shape index (κ3) is 4.39. The first-order chi connectivity index (χ1) is 12.5. The molecule has 26 heavy (non-hydrogen) atoms. The minimum absolute atomic E-state index is 0.218. The lowest BCUT2D eigenvalue weighted by Crippen LogP contribution is -2.36. The summed E-state index contributed by atoms with van der Waals surface area (Å²) < 4.78 is 14.4. The van der Waals surface area contributed by atoms with Crippen LogP contribution in [0.1, 0.15) is 30.0 Å². The lowest BCUT2D eigenvalue weighted by atomic mass is 10.1. The summed E-state index contributed by atoms with van der Waals surface area (Å²) in [5.41, 5.74) is 7.90. The van der Waals surface area contributed by atoms with E-state index in [-0.39, 0.29) is 24.4 Å². The zero-order chi connectivity index (χ0) is 18.5. The second-order valence-electron chi connectivity index (χ2n) is 6.61. The predicted octanol–water partition coefficient (Wildman–Crippen LogP) is 2.10. The molecule has 6 heteroatoms. The SMILES string of the molecule is N[C@@H](C(=O)NCc1ccc(N2CCC(O)CC2)c(F)c1)c1ccccc1. The van der Waals surface area contributed by atoms with E-state index in [0.29, 0.717) is 37.2 Å². The van der Waals surface area contributed by atoms with Crippen LogP contribution >= 0.6 is 0 Å². The highest BCUT2D eigenvalue weighted by atomic mass is 19.1. The second-order valence-corrected chi connectivity index (χ2v) is 6.61. The van der Waals surface area contributed by atoms with Crippen LogP contribution in [0.15, 0.2) is 48.5 Å². The van der Waals surface area contributed by atoms with E-state index in [1.54, 1.807) is 24.3 Å². The molecule has 0 unspecified atom stereocenters. The first-order valence-corrected chi connectivity index (χ1v) is 8.84. The monoisotopic (exact) mass is 357 g/mol. The van der Waals surface area contributed by atoms with Crippen molar-refractivity contribution in [3.05, 3.63) is 65.5 Å². The Morgan fingerprint density at radius 3 is 2.58 bits per heavy atom. The Morgan fingerprint density at radius 2 is 1.92 bits per heavy atom. The highest BCUT2D eigenvalue weighted by Gasteiger charge is 2.20. The average molecular weight is 357 g/mol. The van der Waals surface area contributed by atoms with Gasteiger partial charge in [-0.3, -0.25) is 4.79 Å². The molecule has 0 radical (unpaired) electrons. The fourth-order valence-corrected chi connectivity index (χ4v) is 3.13. The number of halogens is 1. The van der Waals surface area contributed by atoms with Crippen molar-refractivity contribution in [2.75, 3.05) is 18.0 Å². The number of hydrogen-bond donors (Lipinski definition) is 3. The Kier molecular flexibility index (Phi) is 5.85. The minimum atomic E-state index is -0.750. The lowest BCUT2D eigenvalue weighted by molar-refractivity contribution is -0.122. The number of rotatable bonds is 5. The van der Waals surface area contributed by atoms with Gasteiger partial charge in [0, 0.05) is 19.6 Å². The quantitative estimate of drug-likeness (QED) is 0.766. The standard InChI is InChI=1S/C20H24FN3O2/c21-17-12-14(6-7-18(17)24-10-8-16(25)9-11-24)13-23-20(26)19(22)15-4-2-1-3-5-15/h1-7,12,16,19,25H,8-11,13,22H2,(H,23,26)/t19-/m1/s1. The largest absolute Gasteiger partial charge is 0.393 e. The normalized spacial score (nSPS) is 16.3. The summed E-state index contributed by atoms with van der Waals surface area (Å²) >= 11 is 0. The van der Waals surface area contributed by atoms with E-state index in [1.807, 2.05) is 23.1 Å². The number of carbonyl (C=O) groups is 1. The summed E-state index contributed by atoms with van der Waals surface area (Å²) in [6, 6.07) is 13.3. The van der Waals surface area contributed by atoms with Gasteiger partial charge < -0.3 is 21.1 Å². The number of hydrogen-bond acceptors (Lipinski definition) is 4. The molecule has 2 aromatic rings. The molecule has 1 atom stereocenters. The van der Waals surface area contributed by atoms with Crippen LogP contribution in [-0.2, 0) is 11.3 Å². The molecule has 0 saturated carbocycles.